The molecular weight excluding hydrogens is 1300 g/mol. The second kappa shape index (κ2) is 39.4. The molecule has 4 unspecified atom stereocenters. The van der Waals surface area contributed by atoms with E-state index in [1.165, 1.54) is 31.3 Å². The minimum Gasteiger partial charge on any atom is -0.508 e. The first kappa shape index (κ1) is 82.8. The Labute approximate surface area is 584 Å². The van der Waals surface area contributed by atoms with Crippen LogP contribution in [0, 0.1) is 57.7 Å². The number of unbranched alkanes of at least 4 members (excludes halogenated alkanes) is 2. The minimum absolute atomic E-state index is 0.0144. The molecule has 4 fully saturated rings. The number of halogens is 3. The summed E-state index contributed by atoms with van der Waals surface area (Å²) in [4.78, 5) is 148. The smallest absolute Gasteiger partial charge is 0.490 e. The highest BCUT2D eigenvalue weighted by Gasteiger charge is 2.61. The van der Waals surface area contributed by atoms with Gasteiger partial charge in [0.1, 0.15) is 48.1 Å². The number of phenolic OH excluding ortho intramolecular Hbond substituents is 1. The van der Waals surface area contributed by atoms with E-state index in [-0.39, 0.29) is 111 Å². The van der Waals surface area contributed by atoms with Crippen molar-refractivity contribution in [2.24, 2.45) is 75.2 Å². The van der Waals surface area contributed by atoms with E-state index in [4.69, 9.17) is 33.1 Å². The Morgan fingerprint density at radius 3 is 1.67 bits per heavy atom. The van der Waals surface area contributed by atoms with E-state index in [9.17, 15) is 71.0 Å². The molecule has 100 heavy (non-hydrogen) atoms. The van der Waals surface area contributed by atoms with Crippen LogP contribution in [0.2, 0.25) is 0 Å². The number of hydrogen-bond donors (Lipinski definition) is 16. The van der Waals surface area contributed by atoms with Gasteiger partial charge in [-0.1, -0.05) is 46.8 Å². The van der Waals surface area contributed by atoms with Crippen LogP contribution in [0.4, 0.5) is 13.2 Å². The van der Waals surface area contributed by atoms with Crippen LogP contribution in [0.5, 0.6) is 5.75 Å². The van der Waals surface area contributed by atoms with Gasteiger partial charge in [0.05, 0.1) is 13.1 Å². The highest BCUT2D eigenvalue weighted by Crippen LogP contribution is 2.68. The molecule has 562 valence electrons. The van der Waals surface area contributed by atoms with E-state index in [2.05, 4.69) is 73.9 Å². The predicted octanol–water partition coefficient (Wildman–Crippen LogP) is 2.20. The Morgan fingerprint density at radius 2 is 1.11 bits per heavy atom. The van der Waals surface area contributed by atoms with E-state index in [1.807, 2.05) is 13.8 Å². The number of nitrogens with one attached hydrogen (secondary N) is 11. The van der Waals surface area contributed by atoms with Gasteiger partial charge >= 0.3 is 12.1 Å². The summed E-state index contributed by atoms with van der Waals surface area (Å²) in [6.45, 7) is 10.1. The number of nitrogens with two attached hydrogens (primary N) is 4. The third kappa shape index (κ3) is 25.1. The van der Waals surface area contributed by atoms with Crippen molar-refractivity contribution in [3.05, 3.63) is 29.8 Å². The summed E-state index contributed by atoms with van der Waals surface area (Å²) < 4.78 is 44.1. The number of ether oxygens (including phenoxy) is 1. The molecule has 10 amide bonds. The number of esters is 1. The first-order chi connectivity index (χ1) is 47.2. The number of guanidine groups is 1. The van der Waals surface area contributed by atoms with Crippen molar-refractivity contribution in [1.82, 2.24) is 53.2 Å². The van der Waals surface area contributed by atoms with E-state index < -0.39 is 127 Å². The van der Waals surface area contributed by atoms with Gasteiger partial charge in [-0.05, 0) is 211 Å². The third-order valence-electron chi connectivity index (χ3n) is 21.3. The number of fused-ring (bicyclic) bond motifs is 5. The van der Waals surface area contributed by atoms with E-state index >= 15 is 0 Å². The first-order valence-corrected chi connectivity index (χ1v) is 35.6. The quantitative estimate of drug-likeness (QED) is 0.0194. The summed E-state index contributed by atoms with van der Waals surface area (Å²) in [5.41, 5.74) is 23.0. The summed E-state index contributed by atoms with van der Waals surface area (Å²) in [5, 5.41) is 43.7. The van der Waals surface area contributed by atoms with E-state index in [1.54, 1.807) is 0 Å². The molecule has 1 aromatic rings. The van der Waals surface area contributed by atoms with Crippen molar-refractivity contribution in [3.8, 4) is 5.75 Å². The van der Waals surface area contributed by atoms with Gasteiger partial charge in [-0.15, -0.1) is 0 Å². The van der Waals surface area contributed by atoms with Crippen molar-refractivity contribution in [2.45, 2.75) is 231 Å². The molecular formula is C69H112F3N15O13. The predicted molar refractivity (Wildman–Crippen MR) is 366 cm³/mol. The molecule has 4 aliphatic carbocycles. The number of benzene rings is 1. The lowest BCUT2D eigenvalue weighted by Crippen LogP contribution is -2.60. The maximum Gasteiger partial charge on any atom is 0.490 e. The molecule has 20 N–H and O–H groups in total. The number of phenols is 1. The number of likely N-dealkylation sites (N-methyl/N-ethyl adjacent to an activating group) is 1. The third-order valence-corrected chi connectivity index (χ3v) is 21.3. The van der Waals surface area contributed by atoms with Gasteiger partial charge in [-0.2, -0.15) is 13.2 Å². The molecule has 0 heterocycles. The highest BCUT2D eigenvalue weighted by atomic mass is 19.4. The Kier molecular flexibility index (Phi) is 32.6. The van der Waals surface area contributed by atoms with Crippen LogP contribution in [-0.2, 0) is 63.9 Å². The van der Waals surface area contributed by atoms with Gasteiger partial charge in [0.25, 0.3) is 0 Å². The average molecular weight is 1420 g/mol. The van der Waals surface area contributed by atoms with Crippen molar-refractivity contribution < 1.29 is 75.8 Å². The molecule has 5 rings (SSSR count). The number of carbonyl (C=O) groups excluding carboxylic acids is 11. The molecule has 0 spiro atoms. The monoisotopic (exact) mass is 1420 g/mol. The van der Waals surface area contributed by atoms with E-state index in [0.717, 1.165) is 38.5 Å². The zero-order valence-corrected chi connectivity index (χ0v) is 59.0. The molecule has 0 saturated heterocycles. The second-order valence-electron chi connectivity index (χ2n) is 28.9. The van der Waals surface area contributed by atoms with Crippen molar-refractivity contribution in [3.63, 3.8) is 0 Å². The SMILES string of the molecule is CNC(=O)[C@H](CCCNC(=N)N)NC(=O)[C@H](CC(C)C)NC(=O)[C@H](CCCCN)NC(=O)[C@H](CCCCN)NC(=O)[C@H](CCC(N)=O)NC(=O)[C@H](Cc1ccc(O)cc1)NC(=O)CNC(=O)CNC(=O)CC[C@@H](C)[C@H]1CCC2C3CCC4C[C@H](OC(=O)C(F)(F)F)CC[C@]4(C)C3CC[C@@]21C. The molecule has 28 nitrogen and oxygen atoms in total. The molecule has 0 aliphatic heterocycles. The number of rotatable bonds is 40. The largest absolute Gasteiger partial charge is 0.508 e. The lowest BCUT2D eigenvalue weighted by atomic mass is 9.44. The van der Waals surface area contributed by atoms with Crippen LogP contribution in [0.25, 0.3) is 0 Å². The summed E-state index contributed by atoms with van der Waals surface area (Å²) in [7, 11) is 1.41. The number of amides is 10. The fraction of sp³-hybridized carbons (Fsp3) is 0.739. The summed E-state index contributed by atoms with van der Waals surface area (Å²) >= 11 is 0. The van der Waals surface area contributed by atoms with Crippen LogP contribution in [-0.4, -0.2) is 164 Å². The number of alkyl halides is 3. The number of aromatic hydroxyl groups is 1. The topological polar surface area (TPSA) is 465 Å². The molecule has 0 radical (unpaired) electrons. The summed E-state index contributed by atoms with van der Waals surface area (Å²) in [6.07, 6.45) is 3.70. The molecule has 15 atom stereocenters. The van der Waals surface area contributed by atoms with Crippen LogP contribution in [0.1, 0.15) is 181 Å². The van der Waals surface area contributed by atoms with Crippen molar-refractivity contribution >= 4 is 71.0 Å². The Bertz CT molecular complexity index is 2960. The van der Waals surface area contributed by atoms with Gasteiger partial charge in [0.15, 0.2) is 5.96 Å². The van der Waals surface area contributed by atoms with Crippen LogP contribution >= 0.6 is 0 Å². The van der Waals surface area contributed by atoms with Gasteiger partial charge in [0, 0.05) is 32.9 Å². The molecule has 4 aliphatic rings. The normalized spacial score (nSPS) is 23.6. The number of hydrogen-bond acceptors (Lipinski definition) is 16. The molecule has 4 saturated carbocycles. The van der Waals surface area contributed by atoms with Crippen LogP contribution in [0.15, 0.2) is 24.3 Å². The maximum atomic E-state index is 14.4. The standard InChI is InChI=1S/C69H112F3N15O13/c1-39(2)34-53(63(97)83-49(59(93)78-6)14-11-33-79-66(76)77)87-61(95)51(13-8-10-32-74)84-60(94)50(12-7-9-31-73)85-62(96)52(24-25-55(75)89)86-64(98)54(35-41-16-19-43(88)20-17-41)82-58(92)38-81-57(91)37-80-56(90)26-15-40(3)46-22-23-47-45-21-18-42-36-44(100-65(99)69(70,71)72)27-29-67(42,4)48(45)28-30-68(46,47)5/h16-17,19-20,39-40,42,44-54,88H,7-15,18,21-38,73-74H2,1-6H3,(H2,75,89)(H,78,93)(H,80,90)(H,81,91)(H,82,92)(H,83,97)(H,84,94)(H,85,96)(H,86,98)(H,87,95)(H4,76,77,79)/t40-,42?,44-,45?,46-,47?,48?,49+,50+,51+,52+,53+,54+,67+,68-/m1/s1. The average Bonchev–Trinajstić information content (AvgIpc) is 1.35. The fourth-order valence-electron chi connectivity index (χ4n) is 16.0. The zero-order valence-electron chi connectivity index (χ0n) is 59.0. The van der Waals surface area contributed by atoms with Gasteiger partial charge in [-0.3, -0.25) is 53.4 Å². The van der Waals surface area contributed by atoms with Crippen LogP contribution in [0.3, 0.4) is 0 Å². The molecule has 31 heteroatoms. The molecule has 1 aromatic carbocycles. The lowest BCUT2D eigenvalue weighted by molar-refractivity contribution is -0.210. The number of primary amides is 1. The van der Waals surface area contributed by atoms with Crippen LogP contribution < -0.4 is 76.1 Å². The Morgan fingerprint density at radius 1 is 0.590 bits per heavy atom. The lowest BCUT2D eigenvalue weighted by Gasteiger charge is -2.61. The summed E-state index contributed by atoms with van der Waals surface area (Å²) in [6, 6.07) is -2.14. The second-order valence-corrected chi connectivity index (χ2v) is 28.9. The maximum absolute atomic E-state index is 14.4. The fourth-order valence-corrected chi connectivity index (χ4v) is 16.0. The Balaban J connectivity index is 1.19. The Hall–Kier alpha value is -7.83. The van der Waals surface area contributed by atoms with Crippen molar-refractivity contribution in [2.75, 3.05) is 39.8 Å². The highest BCUT2D eigenvalue weighted by molar-refractivity contribution is 5.98. The zero-order chi connectivity index (χ0) is 74.1. The van der Waals surface area contributed by atoms with E-state index in [0.29, 0.717) is 87.0 Å². The number of carbonyl (C=O) groups is 11. The molecule has 0 aromatic heterocycles. The van der Waals surface area contributed by atoms with Gasteiger partial charge < -0.3 is 85.9 Å². The van der Waals surface area contributed by atoms with Gasteiger partial charge in [-0.25, -0.2) is 4.79 Å². The van der Waals surface area contributed by atoms with Crippen molar-refractivity contribution in [1.29, 1.82) is 5.41 Å². The molecule has 0 bridgehead atoms. The first-order valence-electron chi connectivity index (χ1n) is 35.6. The van der Waals surface area contributed by atoms with Gasteiger partial charge in [0.2, 0.25) is 59.1 Å². The summed E-state index contributed by atoms with van der Waals surface area (Å²) in [5.74, 6) is -7.85. The minimum atomic E-state index is -5.02.